The van der Waals surface area contributed by atoms with Gasteiger partial charge >= 0.3 is 0 Å². The second-order valence-electron chi connectivity index (χ2n) is 5.45. The van der Waals surface area contributed by atoms with Crippen molar-refractivity contribution in [3.05, 3.63) is 35.9 Å². The molecule has 0 aromatic heterocycles. The number of benzene rings is 1. The maximum absolute atomic E-state index is 5.89. The molecule has 2 rings (SSSR count). The summed E-state index contributed by atoms with van der Waals surface area (Å²) in [7, 11) is 0. The molecule has 17 heavy (non-hydrogen) atoms. The normalized spacial score (nSPS) is 24.8. The van der Waals surface area contributed by atoms with Crippen molar-refractivity contribution >= 4 is 0 Å². The molecule has 1 aliphatic heterocycles. The van der Waals surface area contributed by atoms with Crippen molar-refractivity contribution in [1.29, 1.82) is 0 Å². The van der Waals surface area contributed by atoms with Crippen molar-refractivity contribution < 1.29 is 0 Å². The predicted molar refractivity (Wildman–Crippen MR) is 72.8 cm³/mol. The average molecular weight is 232 g/mol. The molecule has 0 spiro atoms. The molecule has 1 heterocycles. The Bertz CT molecular complexity index is 334. The van der Waals surface area contributed by atoms with Gasteiger partial charge < -0.3 is 5.73 Å². The zero-order valence-electron chi connectivity index (χ0n) is 11.0. The van der Waals surface area contributed by atoms with Gasteiger partial charge in [-0.2, -0.15) is 0 Å². The molecule has 3 unspecified atom stereocenters. The van der Waals surface area contributed by atoms with Gasteiger partial charge in [-0.1, -0.05) is 30.3 Å². The zero-order chi connectivity index (χ0) is 12.3. The van der Waals surface area contributed by atoms with Gasteiger partial charge in [-0.3, -0.25) is 4.90 Å². The van der Waals surface area contributed by atoms with Gasteiger partial charge in [-0.05, 0) is 44.7 Å². The van der Waals surface area contributed by atoms with E-state index in [0.717, 1.165) is 12.3 Å². The molecule has 1 fully saturated rings. The van der Waals surface area contributed by atoms with E-state index in [2.05, 4.69) is 49.1 Å². The highest BCUT2D eigenvalue weighted by atomic mass is 15.2. The molecule has 2 nitrogen and oxygen atoms in total. The SMILES string of the molecule is CC(N)CC1CCN(C(C)c2ccccc2)C1. The van der Waals surface area contributed by atoms with Crippen molar-refractivity contribution in [3.8, 4) is 0 Å². The van der Waals surface area contributed by atoms with E-state index in [1.807, 2.05) is 0 Å². The molecule has 2 heteroatoms. The van der Waals surface area contributed by atoms with Crippen molar-refractivity contribution in [3.63, 3.8) is 0 Å². The van der Waals surface area contributed by atoms with Gasteiger partial charge in [0.25, 0.3) is 0 Å². The quantitative estimate of drug-likeness (QED) is 0.865. The van der Waals surface area contributed by atoms with E-state index in [1.165, 1.54) is 25.1 Å². The lowest BCUT2D eigenvalue weighted by atomic mass is 10.0. The first-order valence-electron chi connectivity index (χ1n) is 6.71. The minimum atomic E-state index is 0.340. The molecule has 3 atom stereocenters. The lowest BCUT2D eigenvalue weighted by molar-refractivity contribution is 0.249. The first-order valence-corrected chi connectivity index (χ1v) is 6.71. The summed E-state index contributed by atoms with van der Waals surface area (Å²) < 4.78 is 0. The van der Waals surface area contributed by atoms with E-state index < -0.39 is 0 Å². The van der Waals surface area contributed by atoms with Crippen LogP contribution in [0.4, 0.5) is 0 Å². The highest BCUT2D eigenvalue weighted by molar-refractivity contribution is 5.18. The zero-order valence-corrected chi connectivity index (χ0v) is 11.0. The minimum Gasteiger partial charge on any atom is -0.328 e. The van der Waals surface area contributed by atoms with Crippen LogP contribution in [0.2, 0.25) is 0 Å². The molecule has 94 valence electrons. The lowest BCUT2D eigenvalue weighted by Gasteiger charge is -2.25. The monoisotopic (exact) mass is 232 g/mol. The maximum atomic E-state index is 5.89. The molecule has 0 amide bonds. The van der Waals surface area contributed by atoms with Gasteiger partial charge in [0, 0.05) is 18.6 Å². The topological polar surface area (TPSA) is 29.3 Å². The molecule has 0 saturated carbocycles. The lowest BCUT2D eigenvalue weighted by Crippen LogP contribution is -2.26. The first kappa shape index (κ1) is 12.6. The molecule has 2 N–H and O–H groups in total. The molecule has 1 saturated heterocycles. The molecule has 0 radical (unpaired) electrons. The van der Waals surface area contributed by atoms with Gasteiger partial charge in [0.05, 0.1) is 0 Å². The third kappa shape index (κ3) is 3.30. The van der Waals surface area contributed by atoms with E-state index in [9.17, 15) is 0 Å². The van der Waals surface area contributed by atoms with Crippen molar-refractivity contribution in [2.75, 3.05) is 13.1 Å². The van der Waals surface area contributed by atoms with Gasteiger partial charge in [0.2, 0.25) is 0 Å². The number of nitrogens with zero attached hydrogens (tertiary/aromatic N) is 1. The number of rotatable bonds is 4. The van der Waals surface area contributed by atoms with Gasteiger partial charge in [0.1, 0.15) is 0 Å². The van der Waals surface area contributed by atoms with Crippen LogP contribution in [0.5, 0.6) is 0 Å². The fourth-order valence-electron chi connectivity index (χ4n) is 2.87. The van der Waals surface area contributed by atoms with Crippen LogP contribution in [0, 0.1) is 5.92 Å². The van der Waals surface area contributed by atoms with Crippen LogP contribution >= 0.6 is 0 Å². The minimum absolute atomic E-state index is 0.340. The average Bonchev–Trinajstić information content (AvgIpc) is 2.77. The van der Waals surface area contributed by atoms with Crippen LogP contribution in [-0.4, -0.2) is 24.0 Å². The Hall–Kier alpha value is -0.860. The van der Waals surface area contributed by atoms with E-state index in [-0.39, 0.29) is 0 Å². The molecule has 1 aromatic carbocycles. The highest BCUT2D eigenvalue weighted by Crippen LogP contribution is 2.28. The highest BCUT2D eigenvalue weighted by Gasteiger charge is 2.26. The Morgan fingerprint density at radius 2 is 2.00 bits per heavy atom. The van der Waals surface area contributed by atoms with E-state index in [4.69, 9.17) is 5.73 Å². The Kier molecular flexibility index (Phi) is 4.19. The number of likely N-dealkylation sites (tertiary alicyclic amines) is 1. The molecule has 1 aliphatic rings. The fourth-order valence-corrected chi connectivity index (χ4v) is 2.87. The Morgan fingerprint density at radius 1 is 1.29 bits per heavy atom. The van der Waals surface area contributed by atoms with E-state index >= 15 is 0 Å². The summed E-state index contributed by atoms with van der Waals surface area (Å²) in [6.45, 7) is 6.85. The van der Waals surface area contributed by atoms with Crippen LogP contribution in [0.25, 0.3) is 0 Å². The van der Waals surface area contributed by atoms with Crippen LogP contribution in [0.3, 0.4) is 0 Å². The summed E-state index contributed by atoms with van der Waals surface area (Å²) in [4.78, 5) is 2.59. The van der Waals surface area contributed by atoms with Crippen LogP contribution in [-0.2, 0) is 0 Å². The number of hydrogen-bond acceptors (Lipinski definition) is 2. The van der Waals surface area contributed by atoms with Crippen molar-refractivity contribution in [2.24, 2.45) is 11.7 Å². The second-order valence-corrected chi connectivity index (χ2v) is 5.45. The second kappa shape index (κ2) is 5.65. The largest absolute Gasteiger partial charge is 0.328 e. The van der Waals surface area contributed by atoms with Gasteiger partial charge in [-0.15, -0.1) is 0 Å². The summed E-state index contributed by atoms with van der Waals surface area (Å²) >= 11 is 0. The molecular weight excluding hydrogens is 208 g/mol. The van der Waals surface area contributed by atoms with Crippen molar-refractivity contribution in [1.82, 2.24) is 4.90 Å². The van der Waals surface area contributed by atoms with Crippen LogP contribution in [0.15, 0.2) is 30.3 Å². The third-order valence-corrected chi connectivity index (χ3v) is 3.85. The number of nitrogens with two attached hydrogens (primary N) is 1. The summed E-state index contributed by atoms with van der Waals surface area (Å²) in [5.74, 6) is 0.793. The Morgan fingerprint density at radius 3 is 2.65 bits per heavy atom. The summed E-state index contributed by atoms with van der Waals surface area (Å²) in [6.07, 6.45) is 2.47. The van der Waals surface area contributed by atoms with Gasteiger partial charge in [-0.25, -0.2) is 0 Å². The standard InChI is InChI=1S/C15H24N2/c1-12(16)10-14-8-9-17(11-14)13(2)15-6-4-3-5-7-15/h3-7,12-14H,8-11,16H2,1-2H3. The van der Waals surface area contributed by atoms with Gasteiger partial charge in [0.15, 0.2) is 0 Å². The van der Waals surface area contributed by atoms with Crippen molar-refractivity contribution in [2.45, 2.75) is 38.8 Å². The van der Waals surface area contributed by atoms with Crippen LogP contribution < -0.4 is 5.73 Å². The summed E-state index contributed by atoms with van der Waals surface area (Å²) in [6, 6.07) is 11.7. The number of hydrogen-bond donors (Lipinski definition) is 1. The van der Waals surface area contributed by atoms with E-state index in [1.54, 1.807) is 0 Å². The summed E-state index contributed by atoms with van der Waals surface area (Å²) in [5.41, 5.74) is 7.31. The Balaban J connectivity index is 1.92. The molecule has 0 bridgehead atoms. The van der Waals surface area contributed by atoms with Crippen LogP contribution in [0.1, 0.15) is 38.3 Å². The predicted octanol–water partition coefficient (Wildman–Crippen LogP) is 2.81. The first-order chi connectivity index (χ1) is 8.16. The smallest absolute Gasteiger partial charge is 0.0319 e. The summed E-state index contributed by atoms with van der Waals surface area (Å²) in [5, 5.41) is 0. The maximum Gasteiger partial charge on any atom is 0.0319 e. The Labute approximate surface area is 105 Å². The molecule has 0 aliphatic carbocycles. The third-order valence-electron chi connectivity index (χ3n) is 3.85. The molecular formula is C15H24N2. The molecule has 1 aromatic rings. The fraction of sp³-hybridized carbons (Fsp3) is 0.600. The van der Waals surface area contributed by atoms with E-state index in [0.29, 0.717) is 12.1 Å².